The Kier molecular flexibility index (Phi) is 4.80. The molecule has 142 valence electrons. The third-order valence-electron chi connectivity index (χ3n) is 5.57. The van der Waals surface area contributed by atoms with Crippen LogP contribution in [0.25, 0.3) is 16.3 Å². The maximum absolute atomic E-state index is 4.80. The molecule has 4 rings (SSSR count). The van der Waals surface area contributed by atoms with Gasteiger partial charge >= 0.3 is 0 Å². The predicted molar refractivity (Wildman–Crippen MR) is 123 cm³/mol. The largest absolute Gasteiger partial charge is 0.362 e. The average molecular weight is 369 g/mol. The van der Waals surface area contributed by atoms with Crippen molar-refractivity contribution in [3.8, 4) is 0 Å². The highest BCUT2D eigenvalue weighted by atomic mass is 15.2. The number of rotatable bonds is 4. The Labute approximate surface area is 168 Å². The highest BCUT2D eigenvalue weighted by Gasteiger charge is 2.30. The first-order valence-corrected chi connectivity index (χ1v) is 10.1. The van der Waals surface area contributed by atoms with Crippen molar-refractivity contribution in [3.05, 3.63) is 77.9 Å². The number of anilines is 1. The zero-order chi connectivity index (χ0) is 19.7. The predicted octanol–water partition coefficient (Wildman–Crippen LogP) is 7.00. The summed E-state index contributed by atoms with van der Waals surface area (Å²) in [4.78, 5) is 7.32. The Balaban J connectivity index is 1.71. The van der Waals surface area contributed by atoms with Crippen molar-refractivity contribution < 1.29 is 0 Å². The van der Waals surface area contributed by atoms with Gasteiger partial charge in [-0.3, -0.25) is 4.99 Å². The molecule has 1 aliphatic heterocycles. The molecule has 0 aromatic heterocycles. The molecule has 0 radical (unpaired) electrons. The smallest absolute Gasteiger partial charge is 0.0708 e. The minimum Gasteiger partial charge on any atom is -0.362 e. The minimum absolute atomic E-state index is 0.0473. The van der Waals surface area contributed by atoms with E-state index in [1.165, 1.54) is 27.6 Å². The molecule has 0 saturated heterocycles. The average Bonchev–Trinajstić information content (AvgIpc) is 2.69. The maximum atomic E-state index is 4.80. The van der Waals surface area contributed by atoms with Crippen LogP contribution in [0.2, 0.25) is 0 Å². The van der Waals surface area contributed by atoms with Crippen molar-refractivity contribution in [2.24, 2.45) is 4.99 Å². The Morgan fingerprint density at radius 2 is 1.79 bits per heavy atom. The van der Waals surface area contributed by atoms with Gasteiger partial charge in [0, 0.05) is 29.4 Å². The van der Waals surface area contributed by atoms with E-state index in [4.69, 9.17) is 4.99 Å². The third-order valence-corrected chi connectivity index (χ3v) is 5.57. The lowest BCUT2D eigenvalue weighted by molar-refractivity contribution is 0.550. The van der Waals surface area contributed by atoms with Crippen molar-refractivity contribution in [1.29, 1.82) is 0 Å². The highest BCUT2D eigenvalue weighted by Crippen LogP contribution is 2.39. The Morgan fingerprint density at radius 1 is 1.00 bits per heavy atom. The molecule has 3 aromatic rings. The normalized spacial score (nSPS) is 15.7. The molecule has 0 N–H and O–H groups in total. The summed E-state index contributed by atoms with van der Waals surface area (Å²) in [7, 11) is 0. The van der Waals surface area contributed by atoms with E-state index >= 15 is 0 Å². The molecular formula is C26H28N2. The summed E-state index contributed by atoms with van der Waals surface area (Å²) in [5, 5.41) is 2.41. The summed E-state index contributed by atoms with van der Waals surface area (Å²) in [6.07, 6.45) is 5.51. The minimum atomic E-state index is 0.0473. The van der Waals surface area contributed by atoms with Crippen LogP contribution in [-0.4, -0.2) is 18.3 Å². The van der Waals surface area contributed by atoms with Crippen molar-refractivity contribution in [3.63, 3.8) is 0 Å². The standard InChI is InChI=1S/C26H28N2/c1-5-15-28-25-14-13-20(16-23(25)19(2)17-26(28,3)4)18-27-24-12-8-10-21-9-6-7-11-22(21)24/h6-14,16-18H,5,15H2,1-4H3. The Bertz CT molecular complexity index is 1070. The third kappa shape index (κ3) is 3.35. The summed E-state index contributed by atoms with van der Waals surface area (Å²) in [5.41, 5.74) is 6.18. The number of fused-ring (bicyclic) bond motifs is 2. The molecule has 1 heterocycles. The highest BCUT2D eigenvalue weighted by molar-refractivity contribution is 5.96. The number of nitrogens with zero attached hydrogens (tertiary/aromatic N) is 2. The molecule has 0 aliphatic carbocycles. The van der Waals surface area contributed by atoms with Crippen LogP contribution in [0.3, 0.4) is 0 Å². The van der Waals surface area contributed by atoms with Gasteiger partial charge in [0.05, 0.1) is 11.2 Å². The SMILES string of the molecule is CCCN1c2ccc(C=Nc3cccc4ccccc34)cc2C(C)=CC1(C)C. The molecule has 2 nitrogen and oxygen atoms in total. The summed E-state index contributed by atoms with van der Waals surface area (Å²) < 4.78 is 0. The summed E-state index contributed by atoms with van der Waals surface area (Å²) in [6, 6.07) is 21.4. The fraction of sp³-hybridized carbons (Fsp3) is 0.269. The van der Waals surface area contributed by atoms with Crippen LogP contribution in [0.4, 0.5) is 11.4 Å². The summed E-state index contributed by atoms with van der Waals surface area (Å²) in [5.74, 6) is 0. The van der Waals surface area contributed by atoms with E-state index in [1.54, 1.807) is 0 Å². The van der Waals surface area contributed by atoms with Gasteiger partial charge in [0.15, 0.2) is 0 Å². The number of hydrogen-bond acceptors (Lipinski definition) is 2. The van der Waals surface area contributed by atoms with E-state index < -0.39 is 0 Å². The number of allylic oxidation sites excluding steroid dienone is 1. The van der Waals surface area contributed by atoms with Crippen LogP contribution < -0.4 is 4.90 Å². The van der Waals surface area contributed by atoms with Crippen LogP contribution in [-0.2, 0) is 0 Å². The zero-order valence-corrected chi connectivity index (χ0v) is 17.2. The van der Waals surface area contributed by atoms with Gasteiger partial charge in [-0.15, -0.1) is 0 Å². The molecule has 2 heteroatoms. The lowest BCUT2D eigenvalue weighted by atomic mass is 9.88. The lowest BCUT2D eigenvalue weighted by Crippen LogP contribution is -2.45. The quantitative estimate of drug-likeness (QED) is 0.453. The Morgan fingerprint density at radius 3 is 2.61 bits per heavy atom. The molecule has 0 fully saturated rings. The van der Waals surface area contributed by atoms with E-state index in [9.17, 15) is 0 Å². The van der Waals surface area contributed by atoms with Gasteiger partial charge in [0.1, 0.15) is 0 Å². The van der Waals surface area contributed by atoms with E-state index in [0.29, 0.717) is 0 Å². The van der Waals surface area contributed by atoms with E-state index in [1.807, 2.05) is 6.21 Å². The second kappa shape index (κ2) is 7.27. The van der Waals surface area contributed by atoms with Crippen molar-refractivity contribution in [1.82, 2.24) is 0 Å². The van der Waals surface area contributed by atoms with Gasteiger partial charge in [-0.25, -0.2) is 0 Å². The van der Waals surface area contributed by atoms with Crippen molar-refractivity contribution in [2.45, 2.75) is 39.7 Å². The van der Waals surface area contributed by atoms with Gasteiger partial charge in [-0.1, -0.05) is 55.5 Å². The first kappa shape index (κ1) is 18.5. The number of hydrogen-bond donors (Lipinski definition) is 0. The van der Waals surface area contributed by atoms with E-state index in [-0.39, 0.29) is 5.54 Å². The monoisotopic (exact) mass is 368 g/mol. The van der Waals surface area contributed by atoms with Gasteiger partial charge in [0.2, 0.25) is 0 Å². The van der Waals surface area contributed by atoms with Crippen LogP contribution in [0, 0.1) is 0 Å². The summed E-state index contributed by atoms with van der Waals surface area (Å²) in [6.45, 7) is 10.1. The van der Waals surface area contributed by atoms with Crippen LogP contribution in [0.5, 0.6) is 0 Å². The molecule has 1 aliphatic rings. The van der Waals surface area contributed by atoms with Gasteiger partial charge in [-0.2, -0.15) is 0 Å². The maximum Gasteiger partial charge on any atom is 0.0708 e. The molecule has 0 unspecified atom stereocenters. The Hall–Kier alpha value is -2.87. The van der Waals surface area contributed by atoms with Crippen LogP contribution in [0.15, 0.2) is 71.7 Å². The first-order chi connectivity index (χ1) is 13.5. The van der Waals surface area contributed by atoms with Gasteiger partial charge in [-0.05, 0) is 61.9 Å². The van der Waals surface area contributed by atoms with Crippen molar-refractivity contribution >= 4 is 33.9 Å². The molecule has 0 amide bonds. The fourth-order valence-corrected chi connectivity index (χ4v) is 4.28. The number of aliphatic imine (C=N–C) groups is 1. The topological polar surface area (TPSA) is 15.6 Å². The molecule has 0 bridgehead atoms. The van der Waals surface area contributed by atoms with E-state index in [0.717, 1.165) is 24.2 Å². The zero-order valence-electron chi connectivity index (χ0n) is 17.2. The first-order valence-electron chi connectivity index (χ1n) is 10.1. The van der Waals surface area contributed by atoms with E-state index in [2.05, 4.69) is 99.3 Å². The van der Waals surface area contributed by atoms with Crippen LogP contribution >= 0.6 is 0 Å². The molecule has 0 atom stereocenters. The van der Waals surface area contributed by atoms with Gasteiger partial charge in [0.25, 0.3) is 0 Å². The second-order valence-corrected chi connectivity index (χ2v) is 8.17. The lowest BCUT2D eigenvalue weighted by Gasteiger charge is -2.43. The summed E-state index contributed by atoms with van der Waals surface area (Å²) >= 11 is 0. The fourth-order valence-electron chi connectivity index (χ4n) is 4.28. The molecular weight excluding hydrogens is 340 g/mol. The van der Waals surface area contributed by atoms with Crippen LogP contribution in [0.1, 0.15) is 45.2 Å². The molecule has 3 aromatic carbocycles. The molecule has 0 spiro atoms. The van der Waals surface area contributed by atoms with Crippen molar-refractivity contribution in [2.75, 3.05) is 11.4 Å². The second-order valence-electron chi connectivity index (χ2n) is 8.17. The van der Waals surface area contributed by atoms with Gasteiger partial charge < -0.3 is 4.90 Å². The molecule has 28 heavy (non-hydrogen) atoms. The molecule has 0 saturated carbocycles. The number of benzene rings is 3.